The highest BCUT2D eigenvalue weighted by molar-refractivity contribution is 5.84. The Bertz CT molecular complexity index is 698. The number of aromatic amines is 1. The van der Waals surface area contributed by atoms with E-state index in [9.17, 15) is 9.90 Å². The summed E-state index contributed by atoms with van der Waals surface area (Å²) in [5.41, 5.74) is 4.12. The number of aromatic nitrogens is 2. The van der Waals surface area contributed by atoms with Crippen molar-refractivity contribution in [3.63, 3.8) is 0 Å². The highest BCUT2D eigenvalue weighted by Gasteiger charge is 2.54. The molecule has 1 aromatic heterocycles. The second kappa shape index (κ2) is 3.95. The molecule has 2 aliphatic rings. The van der Waals surface area contributed by atoms with E-state index in [-0.39, 0.29) is 0 Å². The number of carbonyl (C=O) groups is 1. The first-order valence-electron chi connectivity index (χ1n) is 7.10. The van der Waals surface area contributed by atoms with E-state index in [0.29, 0.717) is 18.7 Å². The number of benzene rings is 1. The van der Waals surface area contributed by atoms with Crippen LogP contribution in [0.4, 0.5) is 0 Å². The van der Waals surface area contributed by atoms with Gasteiger partial charge in [-0.2, -0.15) is 0 Å². The number of hydrogen-bond acceptors (Lipinski definition) is 2. The molecule has 0 aliphatic heterocycles. The lowest BCUT2D eigenvalue weighted by molar-refractivity contribution is -0.140. The predicted octanol–water partition coefficient (Wildman–Crippen LogP) is 2.68. The summed E-state index contributed by atoms with van der Waals surface area (Å²) in [6.07, 6.45) is 6.66. The molecule has 1 saturated carbocycles. The number of nitrogens with zero attached hydrogens (tertiary/aromatic N) is 1. The molecule has 4 rings (SSSR count). The molecule has 2 aromatic rings. The second-order valence-electron chi connectivity index (χ2n) is 5.87. The molecule has 0 saturated heterocycles. The first-order valence-corrected chi connectivity index (χ1v) is 7.10. The number of carboxylic acids is 1. The molecule has 102 valence electrons. The molecule has 2 aliphatic carbocycles. The van der Waals surface area contributed by atoms with E-state index in [1.807, 2.05) is 0 Å². The van der Waals surface area contributed by atoms with Crippen LogP contribution in [0.15, 0.2) is 24.4 Å². The molecular weight excluding hydrogens is 252 g/mol. The summed E-state index contributed by atoms with van der Waals surface area (Å²) in [5.74, 6) is -0.173. The Morgan fingerprint density at radius 1 is 1.25 bits per heavy atom. The quantitative estimate of drug-likeness (QED) is 0.899. The molecule has 0 spiro atoms. The van der Waals surface area contributed by atoms with Crippen LogP contribution in [0.2, 0.25) is 0 Å². The number of hydrogen-bond donors (Lipinski definition) is 2. The van der Waals surface area contributed by atoms with Crippen molar-refractivity contribution in [3.05, 3.63) is 41.3 Å². The van der Waals surface area contributed by atoms with Gasteiger partial charge in [0.15, 0.2) is 0 Å². The number of fused-ring (bicyclic) bond motifs is 1. The third kappa shape index (κ3) is 1.60. The minimum atomic E-state index is -0.771. The van der Waals surface area contributed by atoms with Crippen LogP contribution in [0.25, 0.3) is 11.3 Å². The van der Waals surface area contributed by atoms with Gasteiger partial charge in [0.1, 0.15) is 11.2 Å². The van der Waals surface area contributed by atoms with Crippen molar-refractivity contribution < 1.29 is 9.90 Å². The fraction of sp³-hybridized carbons (Fsp3) is 0.375. The molecule has 20 heavy (non-hydrogen) atoms. The molecule has 2 N–H and O–H groups in total. The van der Waals surface area contributed by atoms with Gasteiger partial charge < -0.3 is 10.1 Å². The fourth-order valence-electron chi connectivity index (χ4n) is 3.13. The molecule has 1 fully saturated rings. The SMILES string of the molecule is O=C(O)C1(c2ncc(-c3ccc4c(c3)CCC4)[nH]2)CC1. The van der Waals surface area contributed by atoms with E-state index < -0.39 is 11.4 Å². The van der Waals surface area contributed by atoms with Gasteiger partial charge in [-0.25, -0.2) is 4.98 Å². The van der Waals surface area contributed by atoms with Crippen molar-refractivity contribution in [2.45, 2.75) is 37.5 Å². The molecule has 4 heteroatoms. The minimum absolute atomic E-state index is 0.598. The molecule has 0 atom stereocenters. The largest absolute Gasteiger partial charge is 0.480 e. The van der Waals surface area contributed by atoms with Gasteiger partial charge in [0.05, 0.1) is 11.9 Å². The second-order valence-corrected chi connectivity index (χ2v) is 5.87. The van der Waals surface area contributed by atoms with Gasteiger partial charge in [-0.3, -0.25) is 4.79 Å². The molecule has 1 aromatic carbocycles. The number of rotatable bonds is 3. The van der Waals surface area contributed by atoms with Crippen LogP contribution >= 0.6 is 0 Å². The smallest absolute Gasteiger partial charge is 0.317 e. The number of nitrogens with one attached hydrogen (secondary N) is 1. The van der Waals surface area contributed by atoms with Gasteiger partial charge in [-0.1, -0.05) is 12.1 Å². The molecule has 0 unspecified atom stereocenters. The lowest BCUT2D eigenvalue weighted by Gasteiger charge is -2.06. The van der Waals surface area contributed by atoms with Crippen LogP contribution in [0, 0.1) is 0 Å². The summed E-state index contributed by atoms with van der Waals surface area (Å²) < 4.78 is 0. The van der Waals surface area contributed by atoms with E-state index in [1.54, 1.807) is 6.20 Å². The Labute approximate surface area is 116 Å². The first-order chi connectivity index (χ1) is 9.69. The third-order valence-corrected chi connectivity index (χ3v) is 4.60. The summed E-state index contributed by atoms with van der Waals surface area (Å²) >= 11 is 0. The summed E-state index contributed by atoms with van der Waals surface area (Å²) in [6.45, 7) is 0. The van der Waals surface area contributed by atoms with Gasteiger partial charge in [-0.15, -0.1) is 0 Å². The average molecular weight is 268 g/mol. The fourth-order valence-corrected chi connectivity index (χ4v) is 3.13. The van der Waals surface area contributed by atoms with Crippen LogP contribution < -0.4 is 0 Å². The van der Waals surface area contributed by atoms with Gasteiger partial charge in [0, 0.05) is 0 Å². The lowest BCUT2D eigenvalue weighted by Crippen LogP contribution is -2.20. The highest BCUT2D eigenvalue weighted by Crippen LogP contribution is 2.47. The summed E-state index contributed by atoms with van der Waals surface area (Å²) in [6, 6.07) is 6.49. The van der Waals surface area contributed by atoms with Crippen LogP contribution in [-0.2, 0) is 23.1 Å². The molecular formula is C16H16N2O2. The maximum absolute atomic E-state index is 11.3. The number of imidazole rings is 1. The Kier molecular flexibility index (Phi) is 2.31. The summed E-state index contributed by atoms with van der Waals surface area (Å²) in [5, 5.41) is 9.30. The van der Waals surface area contributed by atoms with Crippen molar-refractivity contribution in [3.8, 4) is 11.3 Å². The Morgan fingerprint density at radius 2 is 2.05 bits per heavy atom. The predicted molar refractivity (Wildman–Crippen MR) is 74.6 cm³/mol. The molecule has 1 heterocycles. The van der Waals surface area contributed by atoms with Gasteiger partial charge in [0.2, 0.25) is 0 Å². The molecule has 0 radical (unpaired) electrons. The standard InChI is InChI=1S/C16H16N2O2/c19-15(20)16(6-7-16)14-17-9-13(18-14)12-5-4-10-2-1-3-11(10)8-12/h4-5,8-9H,1-3,6-7H2,(H,17,18)(H,19,20). The highest BCUT2D eigenvalue weighted by atomic mass is 16.4. The van der Waals surface area contributed by atoms with Crippen LogP contribution in [0.3, 0.4) is 0 Å². The topological polar surface area (TPSA) is 66.0 Å². The third-order valence-electron chi connectivity index (χ3n) is 4.60. The van der Waals surface area contributed by atoms with E-state index in [0.717, 1.165) is 17.7 Å². The van der Waals surface area contributed by atoms with E-state index in [1.165, 1.54) is 24.0 Å². The average Bonchev–Trinajstić information content (AvgIpc) is 2.91. The zero-order valence-corrected chi connectivity index (χ0v) is 11.1. The summed E-state index contributed by atoms with van der Waals surface area (Å²) in [4.78, 5) is 18.8. The Balaban J connectivity index is 1.70. The lowest BCUT2D eigenvalue weighted by atomic mass is 10.0. The molecule has 4 nitrogen and oxygen atoms in total. The number of aliphatic carboxylic acids is 1. The van der Waals surface area contributed by atoms with Crippen LogP contribution in [0.1, 0.15) is 36.2 Å². The van der Waals surface area contributed by atoms with Gasteiger partial charge in [-0.05, 0) is 54.9 Å². The number of H-pyrrole nitrogens is 1. The first kappa shape index (κ1) is 11.7. The molecule has 0 bridgehead atoms. The summed E-state index contributed by atoms with van der Waals surface area (Å²) in [7, 11) is 0. The van der Waals surface area contributed by atoms with Gasteiger partial charge in [0.25, 0.3) is 0 Å². The van der Waals surface area contributed by atoms with E-state index in [2.05, 4.69) is 28.2 Å². The monoisotopic (exact) mass is 268 g/mol. The van der Waals surface area contributed by atoms with Crippen molar-refractivity contribution >= 4 is 5.97 Å². The number of aryl methyl sites for hydroxylation is 2. The normalized spacial score (nSPS) is 18.8. The molecule has 0 amide bonds. The Hall–Kier alpha value is -2.10. The van der Waals surface area contributed by atoms with Gasteiger partial charge >= 0.3 is 5.97 Å². The minimum Gasteiger partial charge on any atom is -0.480 e. The maximum atomic E-state index is 11.3. The van der Waals surface area contributed by atoms with Crippen molar-refractivity contribution in [2.75, 3.05) is 0 Å². The Morgan fingerprint density at radius 3 is 2.80 bits per heavy atom. The van der Waals surface area contributed by atoms with Crippen LogP contribution in [0.5, 0.6) is 0 Å². The van der Waals surface area contributed by atoms with Crippen molar-refractivity contribution in [2.24, 2.45) is 0 Å². The number of carboxylic acid groups (broad SMARTS) is 1. The maximum Gasteiger partial charge on any atom is 0.317 e. The zero-order valence-electron chi connectivity index (χ0n) is 11.1. The van der Waals surface area contributed by atoms with Crippen molar-refractivity contribution in [1.82, 2.24) is 9.97 Å². The van der Waals surface area contributed by atoms with Crippen LogP contribution in [-0.4, -0.2) is 21.0 Å². The van der Waals surface area contributed by atoms with E-state index in [4.69, 9.17) is 0 Å². The van der Waals surface area contributed by atoms with Crippen molar-refractivity contribution in [1.29, 1.82) is 0 Å². The van der Waals surface area contributed by atoms with E-state index >= 15 is 0 Å². The zero-order chi connectivity index (χ0) is 13.7.